The van der Waals surface area contributed by atoms with Gasteiger partial charge in [-0.05, 0) is 45.5 Å². The quantitative estimate of drug-likeness (QED) is 0.116. The Morgan fingerprint density at radius 3 is 1.20 bits per heavy atom. The van der Waals surface area contributed by atoms with Crippen molar-refractivity contribution in [1.29, 1.82) is 0 Å². The van der Waals surface area contributed by atoms with Gasteiger partial charge in [-0.1, -0.05) is 135 Å². The first kappa shape index (κ1) is 36.5. The van der Waals surface area contributed by atoms with E-state index >= 15 is 0 Å². The van der Waals surface area contributed by atoms with Crippen LogP contribution in [0.25, 0.3) is 65.3 Å². The third-order valence-electron chi connectivity index (χ3n) is 9.24. The zero-order chi connectivity index (χ0) is 35.0. The topological polar surface area (TPSA) is 0 Å². The minimum atomic E-state index is -1.65. The van der Waals surface area contributed by atoms with Crippen molar-refractivity contribution in [2.45, 2.75) is 52.6 Å². The van der Waals surface area contributed by atoms with E-state index in [0.717, 1.165) is 12.8 Å². The number of hydrogen-bond donors (Lipinski definition) is 0. The van der Waals surface area contributed by atoms with Crippen LogP contribution in [0.4, 0.5) is 0 Å². The Labute approximate surface area is 312 Å². The molecule has 0 spiro atoms. The van der Waals surface area contributed by atoms with Crippen molar-refractivity contribution in [3.63, 3.8) is 0 Å². The van der Waals surface area contributed by atoms with Crippen LogP contribution in [-0.4, -0.2) is 5.43 Å². The maximum atomic E-state index is 5.62. The summed E-state index contributed by atoms with van der Waals surface area (Å²) in [6, 6.07) is 53.2. The van der Waals surface area contributed by atoms with Crippen molar-refractivity contribution >= 4 is 65.5 Å². The molecule has 0 aromatic heterocycles. The molecule has 0 aliphatic carbocycles. The second-order valence-corrected chi connectivity index (χ2v) is 36.1. The predicted molar refractivity (Wildman–Crippen MR) is 222 cm³/mol. The van der Waals surface area contributed by atoms with Crippen LogP contribution in [0.15, 0.2) is 146 Å². The summed E-state index contributed by atoms with van der Waals surface area (Å²) in [4.78, 5) is 0. The van der Waals surface area contributed by atoms with Crippen molar-refractivity contribution in [2.24, 2.45) is 0 Å². The Bertz CT molecular complexity index is 2220. The fourth-order valence-corrected chi connectivity index (χ4v) is 6.85. The van der Waals surface area contributed by atoms with Gasteiger partial charge in [0.1, 0.15) is 0 Å². The van der Waals surface area contributed by atoms with Crippen LogP contribution in [-0.2, 0) is 30.8 Å². The summed E-state index contributed by atoms with van der Waals surface area (Å²) in [6.45, 7) is 8.81. The number of rotatable bonds is 6. The summed E-state index contributed by atoms with van der Waals surface area (Å²) in [5.41, 5.74) is 8.02. The van der Waals surface area contributed by atoms with E-state index in [4.69, 9.17) is 17.0 Å². The molecule has 0 saturated carbocycles. The molecule has 0 saturated heterocycles. The van der Waals surface area contributed by atoms with E-state index in [2.05, 4.69) is 173 Å². The van der Waals surface area contributed by atoms with Gasteiger partial charge in [-0.2, -0.15) is 12.1 Å². The monoisotopic (exact) mass is 784 g/mol. The Hall–Kier alpha value is -3.26. The van der Waals surface area contributed by atoms with Crippen molar-refractivity contribution in [3.05, 3.63) is 157 Å². The van der Waals surface area contributed by atoms with Gasteiger partial charge in [0, 0.05) is 0 Å². The predicted octanol–water partition coefficient (Wildman–Crippen LogP) is 14.8. The van der Waals surface area contributed by atoms with E-state index in [1.807, 2.05) is 0 Å². The second kappa shape index (κ2) is 17.3. The Morgan fingerprint density at radius 1 is 0.480 bits per heavy atom. The molecular weight excluding hydrogens is 743 g/mol. The molecule has 0 fully saturated rings. The normalized spacial score (nSPS) is 10.9. The van der Waals surface area contributed by atoms with Gasteiger partial charge in [0.05, 0.1) is 0 Å². The molecule has 50 heavy (non-hydrogen) atoms. The molecule has 252 valence electrons. The molecule has 0 aliphatic rings. The fourth-order valence-electron chi connectivity index (χ4n) is 6.85. The molecule has 0 radical (unpaired) electrons. The van der Waals surface area contributed by atoms with Crippen molar-refractivity contribution < 1.29 is 18.0 Å². The number of hydrogen-bond acceptors (Lipinski definition) is 0. The molecule has 0 nitrogen and oxygen atoms in total. The first-order valence-corrected chi connectivity index (χ1v) is 30.2. The van der Waals surface area contributed by atoms with Crippen LogP contribution in [0.3, 0.4) is 0 Å². The Balaban J connectivity index is 0.000000149. The molecule has 0 aliphatic heterocycles. The Kier molecular flexibility index (Phi) is 12.6. The molecule has 8 aromatic carbocycles. The SMILES string of the molecule is CCCc1cc2c(-c3cccc4ccccc34)cccc2[cH-]1.CCCc1cc2c(-c3cccc4ccccc34)cccc2[cH-]1.C[Si](C)=[Zr]([Cl])[Cl]. The summed E-state index contributed by atoms with van der Waals surface area (Å²) in [5.74, 6) is 0. The summed E-state index contributed by atoms with van der Waals surface area (Å²) in [5, 5.41) is 10.7. The number of benzene rings is 6. The zero-order valence-corrected chi connectivity index (χ0v) is 34.4. The third-order valence-corrected chi connectivity index (χ3v) is 29.0. The summed E-state index contributed by atoms with van der Waals surface area (Å²) >= 11 is -1.65. The summed E-state index contributed by atoms with van der Waals surface area (Å²) in [6.07, 6.45) is 4.70. The van der Waals surface area contributed by atoms with E-state index in [1.54, 1.807) is 0 Å². The van der Waals surface area contributed by atoms with Gasteiger partial charge in [0.25, 0.3) is 0 Å². The number of fused-ring (bicyclic) bond motifs is 4. The molecule has 4 heteroatoms. The van der Waals surface area contributed by atoms with Crippen molar-refractivity contribution in [3.8, 4) is 22.3 Å². The average molecular weight is 787 g/mol. The van der Waals surface area contributed by atoms with Crippen LogP contribution < -0.4 is 0 Å². The van der Waals surface area contributed by atoms with Crippen molar-refractivity contribution in [1.82, 2.24) is 0 Å². The van der Waals surface area contributed by atoms with Gasteiger partial charge in [-0.25, -0.2) is 0 Å². The zero-order valence-electron chi connectivity index (χ0n) is 29.4. The maximum absolute atomic E-state index is 5.62. The first-order chi connectivity index (χ1) is 24.4. The van der Waals surface area contributed by atoms with Crippen LogP contribution >= 0.6 is 17.0 Å². The van der Waals surface area contributed by atoms with Crippen LogP contribution in [0.5, 0.6) is 0 Å². The van der Waals surface area contributed by atoms with E-state index in [0.29, 0.717) is 0 Å². The molecule has 0 amide bonds. The number of aryl methyl sites for hydroxylation is 2. The molecule has 0 bridgehead atoms. The van der Waals surface area contributed by atoms with Gasteiger partial charge in [-0.3, -0.25) is 0 Å². The van der Waals surface area contributed by atoms with E-state index in [9.17, 15) is 0 Å². The standard InChI is InChI=1S/2C22H19.C2H6Si.2ClH.Zr/c2*1-2-7-16-14-18-10-6-13-21(22(18)15-16)20-12-5-9-17-8-3-4-11-19(17)20;1-3-2;;;/h2*3-6,8-15H,2,7H2,1H3;1-2H3;2*1H;/q2*-1;;;;+2/p-2. The molecular formula is C46H44Cl2SiZr-2. The number of halogens is 2. The molecule has 0 N–H and O–H groups in total. The van der Waals surface area contributed by atoms with E-state index < -0.39 is 18.0 Å². The van der Waals surface area contributed by atoms with E-state index in [-0.39, 0.29) is 5.43 Å². The molecule has 0 unspecified atom stereocenters. The summed E-state index contributed by atoms with van der Waals surface area (Å²) < 4.78 is 0. The van der Waals surface area contributed by atoms with Gasteiger partial charge >= 0.3 is 53.5 Å². The van der Waals surface area contributed by atoms with Crippen LogP contribution in [0.1, 0.15) is 37.8 Å². The van der Waals surface area contributed by atoms with Gasteiger partial charge in [0.2, 0.25) is 0 Å². The van der Waals surface area contributed by atoms with Gasteiger partial charge in [-0.15, -0.1) is 69.1 Å². The van der Waals surface area contributed by atoms with Gasteiger partial charge in [0.15, 0.2) is 0 Å². The third kappa shape index (κ3) is 8.43. The van der Waals surface area contributed by atoms with Crippen LogP contribution in [0, 0.1) is 0 Å². The first-order valence-electron chi connectivity index (χ1n) is 17.7. The van der Waals surface area contributed by atoms with E-state index in [1.165, 1.54) is 89.3 Å². The fraction of sp³-hybridized carbons (Fsp3) is 0.174. The van der Waals surface area contributed by atoms with Crippen LogP contribution in [0.2, 0.25) is 13.1 Å². The molecule has 0 heterocycles. The van der Waals surface area contributed by atoms with Gasteiger partial charge < -0.3 is 0 Å². The summed E-state index contributed by atoms with van der Waals surface area (Å²) in [7, 11) is 11.2. The minimum absolute atomic E-state index is 0.224. The second-order valence-electron chi connectivity index (χ2n) is 13.2. The molecule has 0 atom stereocenters. The van der Waals surface area contributed by atoms with Crippen molar-refractivity contribution in [2.75, 3.05) is 0 Å². The average Bonchev–Trinajstić information content (AvgIpc) is 3.75. The molecule has 8 rings (SSSR count). The Morgan fingerprint density at radius 2 is 0.820 bits per heavy atom. The molecule has 8 aromatic rings.